The van der Waals surface area contributed by atoms with Crippen molar-refractivity contribution in [2.45, 2.75) is 56.7 Å². The minimum Gasteiger partial charge on any atom is -0.475 e. The molecule has 2 atom stereocenters. The zero-order chi connectivity index (χ0) is 29.4. The highest BCUT2D eigenvalue weighted by molar-refractivity contribution is 5.73. The van der Waals surface area contributed by atoms with E-state index >= 15 is 0 Å². The number of aromatic nitrogens is 2. The molecule has 16 heteroatoms. The largest absolute Gasteiger partial charge is 0.490 e. The molecule has 2 N–H and O–H groups in total. The molecular formula is C23H28F6N4O6. The minimum atomic E-state index is -5.08. The summed E-state index contributed by atoms with van der Waals surface area (Å²) >= 11 is 0. The Bertz CT molecular complexity index is 1060. The van der Waals surface area contributed by atoms with Gasteiger partial charge in [-0.05, 0) is 44.5 Å². The van der Waals surface area contributed by atoms with Gasteiger partial charge in [-0.15, -0.1) is 0 Å². The number of rotatable bonds is 4. The van der Waals surface area contributed by atoms with Gasteiger partial charge in [0.1, 0.15) is 11.5 Å². The summed E-state index contributed by atoms with van der Waals surface area (Å²) in [5, 5.41) is 14.2. The van der Waals surface area contributed by atoms with Crippen molar-refractivity contribution >= 4 is 17.9 Å². The van der Waals surface area contributed by atoms with Gasteiger partial charge >= 0.3 is 24.3 Å². The monoisotopic (exact) mass is 570 g/mol. The lowest BCUT2D eigenvalue weighted by Gasteiger charge is -2.39. The third-order valence-electron chi connectivity index (χ3n) is 5.88. The first-order chi connectivity index (χ1) is 18.0. The number of carbonyl (C=O) groups is 2. The van der Waals surface area contributed by atoms with Gasteiger partial charge in [0.25, 0.3) is 0 Å². The summed E-state index contributed by atoms with van der Waals surface area (Å²) in [6, 6.07) is 6.29. The van der Waals surface area contributed by atoms with Crippen LogP contribution in [0.1, 0.15) is 30.8 Å². The van der Waals surface area contributed by atoms with Crippen molar-refractivity contribution in [2.24, 2.45) is 0 Å². The van der Waals surface area contributed by atoms with Crippen LogP contribution in [0.4, 0.5) is 32.3 Å². The number of carboxylic acids is 2. The fraction of sp³-hybridized carbons (Fsp3) is 0.565. The van der Waals surface area contributed by atoms with Crippen molar-refractivity contribution in [1.82, 2.24) is 14.9 Å². The van der Waals surface area contributed by atoms with Crippen molar-refractivity contribution in [3.05, 3.63) is 42.1 Å². The Morgan fingerprint density at radius 3 is 2.15 bits per heavy atom. The predicted molar refractivity (Wildman–Crippen MR) is 123 cm³/mol. The molecule has 2 aliphatic rings. The summed E-state index contributed by atoms with van der Waals surface area (Å²) < 4.78 is 75.6. The van der Waals surface area contributed by atoms with Crippen molar-refractivity contribution in [1.29, 1.82) is 0 Å². The number of hydrogen-bond acceptors (Lipinski definition) is 8. The molecule has 2 aliphatic heterocycles. The van der Waals surface area contributed by atoms with Gasteiger partial charge in [-0.1, -0.05) is 0 Å². The Kier molecular flexibility index (Phi) is 10.7. The number of alkyl halides is 6. The van der Waals surface area contributed by atoms with E-state index in [4.69, 9.17) is 29.0 Å². The second-order valence-electron chi connectivity index (χ2n) is 8.94. The highest BCUT2D eigenvalue weighted by Crippen LogP contribution is 2.37. The van der Waals surface area contributed by atoms with E-state index in [0.29, 0.717) is 6.04 Å². The van der Waals surface area contributed by atoms with Gasteiger partial charge in [-0.3, -0.25) is 4.90 Å². The van der Waals surface area contributed by atoms with Crippen LogP contribution in [0, 0.1) is 6.92 Å². The standard InChI is InChI=1S/C19H26N4O2.2C2HF3O2/c1-15-5-6-17(25-15)12-23-10-3-7-19(14-23)11-16(13-24-19)22(2)18-20-8-4-9-21-18;2*3-2(4,5)1(6)7/h4-6,8-9,16H,3,7,10-14H2,1-2H3;2*(H,6,7). The van der Waals surface area contributed by atoms with Crippen molar-refractivity contribution < 1.29 is 55.3 Å². The molecule has 2 fully saturated rings. The maximum atomic E-state index is 10.6. The quantitative estimate of drug-likeness (QED) is 0.522. The number of halogens is 6. The number of likely N-dealkylation sites (N-methyl/N-ethyl adjacent to an activating group) is 1. The third kappa shape index (κ3) is 10.0. The van der Waals surface area contributed by atoms with Crippen molar-refractivity contribution in [3.63, 3.8) is 0 Å². The molecule has 2 aromatic rings. The molecule has 4 rings (SSSR count). The van der Waals surface area contributed by atoms with E-state index in [1.807, 2.05) is 19.1 Å². The Balaban J connectivity index is 0.000000317. The van der Waals surface area contributed by atoms with Crippen LogP contribution in [0.15, 0.2) is 35.0 Å². The van der Waals surface area contributed by atoms with Gasteiger partial charge < -0.3 is 24.3 Å². The molecule has 218 valence electrons. The predicted octanol–water partition coefficient (Wildman–Crippen LogP) is 3.90. The summed E-state index contributed by atoms with van der Waals surface area (Å²) in [4.78, 5) is 31.1. The number of likely N-dealkylation sites (tertiary alicyclic amines) is 1. The van der Waals surface area contributed by atoms with E-state index in [1.165, 1.54) is 0 Å². The number of aliphatic carboxylic acids is 2. The molecule has 0 amide bonds. The molecule has 4 heterocycles. The molecule has 39 heavy (non-hydrogen) atoms. The van der Waals surface area contributed by atoms with E-state index in [2.05, 4.69) is 32.9 Å². The van der Waals surface area contributed by atoms with E-state index in [1.54, 1.807) is 12.4 Å². The zero-order valence-corrected chi connectivity index (χ0v) is 21.0. The second-order valence-corrected chi connectivity index (χ2v) is 8.94. The molecule has 0 aromatic carbocycles. The summed E-state index contributed by atoms with van der Waals surface area (Å²) in [6.45, 7) is 5.66. The van der Waals surface area contributed by atoms with Crippen molar-refractivity contribution in [2.75, 3.05) is 31.6 Å². The number of aryl methyl sites for hydroxylation is 1. The molecule has 0 radical (unpaired) electrons. The van der Waals surface area contributed by atoms with E-state index in [-0.39, 0.29) is 5.60 Å². The maximum Gasteiger partial charge on any atom is 0.490 e. The number of furan rings is 1. The molecule has 0 saturated carbocycles. The Morgan fingerprint density at radius 1 is 1.10 bits per heavy atom. The molecule has 2 unspecified atom stereocenters. The van der Waals surface area contributed by atoms with Crippen LogP contribution in [0.2, 0.25) is 0 Å². The van der Waals surface area contributed by atoms with Gasteiger partial charge in [0.2, 0.25) is 5.95 Å². The number of hydrogen-bond donors (Lipinski definition) is 2. The van der Waals surface area contributed by atoms with Gasteiger partial charge in [-0.2, -0.15) is 26.3 Å². The number of anilines is 1. The number of piperidine rings is 1. The van der Waals surface area contributed by atoms with Crippen LogP contribution < -0.4 is 4.90 Å². The summed E-state index contributed by atoms with van der Waals surface area (Å²) in [7, 11) is 2.06. The average molecular weight is 570 g/mol. The molecule has 0 bridgehead atoms. The summed E-state index contributed by atoms with van der Waals surface area (Å²) in [5.74, 6) is -2.73. The molecule has 10 nitrogen and oxygen atoms in total. The van der Waals surface area contributed by atoms with Gasteiger partial charge in [0, 0.05) is 32.4 Å². The topological polar surface area (TPSA) is 129 Å². The first-order valence-corrected chi connectivity index (χ1v) is 11.5. The maximum absolute atomic E-state index is 10.6. The van der Waals surface area contributed by atoms with Crippen LogP contribution in [0.5, 0.6) is 0 Å². The first-order valence-electron chi connectivity index (χ1n) is 11.5. The summed E-state index contributed by atoms with van der Waals surface area (Å²) in [5.41, 5.74) is -0.0480. The highest BCUT2D eigenvalue weighted by Gasteiger charge is 2.45. The lowest BCUT2D eigenvalue weighted by Crippen LogP contribution is -2.48. The Labute approximate surface area is 219 Å². The van der Waals surface area contributed by atoms with E-state index in [9.17, 15) is 26.3 Å². The van der Waals surface area contributed by atoms with Gasteiger partial charge in [0.05, 0.1) is 24.8 Å². The fourth-order valence-electron chi connectivity index (χ4n) is 4.11. The number of carboxylic acid groups (broad SMARTS) is 2. The number of ether oxygens (including phenoxy) is 1. The average Bonchev–Trinajstić information content (AvgIpc) is 3.44. The Hall–Kier alpha value is -3.40. The Morgan fingerprint density at radius 2 is 1.67 bits per heavy atom. The minimum absolute atomic E-state index is 0.0480. The zero-order valence-electron chi connectivity index (χ0n) is 21.0. The van der Waals surface area contributed by atoms with Gasteiger partial charge in [-0.25, -0.2) is 19.6 Å². The fourth-order valence-corrected chi connectivity index (χ4v) is 4.11. The van der Waals surface area contributed by atoms with Crippen LogP contribution in [0.3, 0.4) is 0 Å². The third-order valence-corrected chi connectivity index (χ3v) is 5.88. The van der Waals surface area contributed by atoms with Crippen molar-refractivity contribution in [3.8, 4) is 0 Å². The lowest BCUT2D eigenvalue weighted by molar-refractivity contribution is -0.193. The molecule has 2 saturated heterocycles. The van der Waals surface area contributed by atoms with Crippen LogP contribution in [-0.4, -0.2) is 87.8 Å². The molecule has 1 spiro atoms. The smallest absolute Gasteiger partial charge is 0.475 e. The van der Waals surface area contributed by atoms with Crippen LogP contribution in [0.25, 0.3) is 0 Å². The first kappa shape index (κ1) is 31.8. The van der Waals surface area contributed by atoms with E-state index in [0.717, 1.165) is 63.0 Å². The molecule has 0 aliphatic carbocycles. The van der Waals surface area contributed by atoms with Gasteiger partial charge in [0.15, 0.2) is 0 Å². The lowest BCUT2D eigenvalue weighted by atomic mass is 9.88. The van der Waals surface area contributed by atoms with E-state index < -0.39 is 24.3 Å². The normalized spacial score (nSPS) is 21.4. The molecular weight excluding hydrogens is 542 g/mol. The molecule has 2 aromatic heterocycles. The number of nitrogens with zero attached hydrogens (tertiary/aromatic N) is 4. The second kappa shape index (κ2) is 13.1. The van der Waals surface area contributed by atoms with Crippen LogP contribution in [-0.2, 0) is 20.9 Å². The summed E-state index contributed by atoms with van der Waals surface area (Å²) in [6.07, 6.45) is -3.27. The van der Waals surface area contributed by atoms with Crippen LogP contribution >= 0.6 is 0 Å². The SMILES string of the molecule is Cc1ccc(CN2CCCC3(CC(N(C)c4ncccn4)CO3)C2)o1.O=C(O)C(F)(F)F.O=C(O)C(F)(F)F. The highest BCUT2D eigenvalue weighted by atomic mass is 19.4.